The summed E-state index contributed by atoms with van der Waals surface area (Å²) in [6, 6.07) is 8.03. The van der Waals surface area contributed by atoms with E-state index >= 15 is 0 Å². The summed E-state index contributed by atoms with van der Waals surface area (Å²) < 4.78 is 7.78. The number of benzene rings is 1. The molecule has 0 saturated carbocycles. The molecule has 1 aliphatic heterocycles. The molecular formula is C16H18N2O3. The van der Waals surface area contributed by atoms with Crippen LogP contribution in [0.2, 0.25) is 0 Å². The summed E-state index contributed by atoms with van der Waals surface area (Å²) >= 11 is 0. The molecule has 3 rings (SSSR count). The molecular weight excluding hydrogens is 268 g/mol. The standard InChI is InChI=1S/C16H18N2O3/c1-10-14(8-16(19)20)11(2)18(17-10)9-13-7-12-5-3-4-6-15(12)21-13/h3-6,13H,7-9H2,1-2H3,(H,19,20). The first-order chi connectivity index (χ1) is 10.0. The molecule has 110 valence electrons. The van der Waals surface area contributed by atoms with Crippen molar-refractivity contribution in [2.45, 2.75) is 39.3 Å². The van der Waals surface area contributed by atoms with Crippen LogP contribution in [-0.4, -0.2) is 27.0 Å². The van der Waals surface area contributed by atoms with E-state index in [2.05, 4.69) is 11.2 Å². The first kappa shape index (κ1) is 13.7. The van der Waals surface area contributed by atoms with Crippen molar-refractivity contribution in [3.63, 3.8) is 0 Å². The van der Waals surface area contributed by atoms with Gasteiger partial charge in [-0.1, -0.05) is 18.2 Å². The van der Waals surface area contributed by atoms with E-state index in [0.717, 1.165) is 29.1 Å². The zero-order valence-electron chi connectivity index (χ0n) is 12.2. The van der Waals surface area contributed by atoms with Gasteiger partial charge in [0.1, 0.15) is 11.9 Å². The van der Waals surface area contributed by atoms with Crippen LogP contribution in [0.3, 0.4) is 0 Å². The minimum atomic E-state index is -0.828. The molecule has 0 spiro atoms. The number of hydrogen-bond acceptors (Lipinski definition) is 3. The summed E-state index contributed by atoms with van der Waals surface area (Å²) in [5.74, 6) is 0.111. The highest BCUT2D eigenvalue weighted by molar-refractivity contribution is 5.70. The molecule has 0 radical (unpaired) electrons. The lowest BCUT2D eigenvalue weighted by Gasteiger charge is -2.12. The maximum absolute atomic E-state index is 10.9. The Bertz CT molecular complexity index is 666. The zero-order valence-corrected chi connectivity index (χ0v) is 12.2. The van der Waals surface area contributed by atoms with E-state index < -0.39 is 5.97 Å². The quantitative estimate of drug-likeness (QED) is 0.935. The molecule has 1 aromatic carbocycles. The minimum Gasteiger partial charge on any atom is -0.488 e. The molecule has 1 N–H and O–H groups in total. The van der Waals surface area contributed by atoms with Crippen LogP contribution in [0, 0.1) is 13.8 Å². The maximum atomic E-state index is 10.9. The normalized spacial score (nSPS) is 16.6. The molecule has 1 aromatic heterocycles. The number of hydrogen-bond donors (Lipinski definition) is 1. The molecule has 1 atom stereocenters. The average Bonchev–Trinajstić information content (AvgIpc) is 2.94. The minimum absolute atomic E-state index is 0.0173. The van der Waals surface area contributed by atoms with Crippen molar-refractivity contribution in [2.75, 3.05) is 0 Å². The SMILES string of the molecule is Cc1nn(CC2Cc3ccccc3O2)c(C)c1CC(=O)O. The number of fused-ring (bicyclic) bond motifs is 1. The van der Waals surface area contributed by atoms with Crippen LogP contribution in [0.4, 0.5) is 0 Å². The maximum Gasteiger partial charge on any atom is 0.307 e. The molecule has 0 bridgehead atoms. The highest BCUT2D eigenvalue weighted by Gasteiger charge is 2.24. The molecule has 2 aromatic rings. The van der Waals surface area contributed by atoms with Crippen molar-refractivity contribution in [1.29, 1.82) is 0 Å². The number of rotatable bonds is 4. The summed E-state index contributed by atoms with van der Waals surface area (Å²) in [7, 11) is 0. The predicted molar refractivity (Wildman–Crippen MR) is 77.6 cm³/mol. The van der Waals surface area contributed by atoms with Crippen LogP contribution in [0.15, 0.2) is 24.3 Å². The van der Waals surface area contributed by atoms with Crippen molar-refractivity contribution in [3.8, 4) is 5.75 Å². The fraction of sp³-hybridized carbons (Fsp3) is 0.375. The summed E-state index contributed by atoms with van der Waals surface area (Å²) in [6.45, 7) is 4.41. The van der Waals surface area contributed by atoms with E-state index in [1.807, 2.05) is 36.7 Å². The molecule has 0 aliphatic carbocycles. The van der Waals surface area contributed by atoms with Gasteiger partial charge < -0.3 is 9.84 Å². The summed E-state index contributed by atoms with van der Waals surface area (Å²) in [6.07, 6.45) is 0.935. The third-order valence-electron chi connectivity index (χ3n) is 3.95. The van der Waals surface area contributed by atoms with Gasteiger partial charge in [-0.3, -0.25) is 9.48 Å². The third kappa shape index (κ3) is 2.63. The Balaban J connectivity index is 1.77. The number of aromatic nitrogens is 2. The lowest BCUT2D eigenvalue weighted by Crippen LogP contribution is -2.22. The molecule has 5 heteroatoms. The molecule has 1 aliphatic rings. The Labute approximate surface area is 123 Å². The predicted octanol–water partition coefficient (Wildman–Crippen LogP) is 2.13. The Morgan fingerprint density at radius 2 is 2.19 bits per heavy atom. The van der Waals surface area contributed by atoms with E-state index in [9.17, 15) is 4.79 Å². The molecule has 1 unspecified atom stereocenters. The Hall–Kier alpha value is -2.30. The number of carbonyl (C=O) groups is 1. The fourth-order valence-corrected chi connectivity index (χ4v) is 2.87. The van der Waals surface area contributed by atoms with E-state index in [1.165, 1.54) is 5.56 Å². The van der Waals surface area contributed by atoms with Crippen LogP contribution in [-0.2, 0) is 24.2 Å². The second-order valence-corrected chi connectivity index (χ2v) is 5.45. The molecule has 2 heterocycles. The number of aryl methyl sites for hydroxylation is 1. The van der Waals surface area contributed by atoms with Gasteiger partial charge in [0, 0.05) is 17.7 Å². The van der Waals surface area contributed by atoms with Crippen LogP contribution in [0.25, 0.3) is 0 Å². The Morgan fingerprint density at radius 3 is 2.90 bits per heavy atom. The van der Waals surface area contributed by atoms with Crippen molar-refractivity contribution < 1.29 is 14.6 Å². The number of nitrogens with zero attached hydrogens (tertiary/aromatic N) is 2. The number of carboxylic acids is 1. The number of aliphatic carboxylic acids is 1. The molecule has 5 nitrogen and oxygen atoms in total. The van der Waals surface area contributed by atoms with E-state index in [4.69, 9.17) is 9.84 Å². The van der Waals surface area contributed by atoms with Crippen LogP contribution < -0.4 is 4.74 Å². The second kappa shape index (κ2) is 5.24. The van der Waals surface area contributed by atoms with E-state index in [0.29, 0.717) is 6.54 Å². The topological polar surface area (TPSA) is 64.4 Å². The van der Waals surface area contributed by atoms with Crippen molar-refractivity contribution in [3.05, 3.63) is 46.8 Å². The smallest absolute Gasteiger partial charge is 0.307 e. The van der Waals surface area contributed by atoms with Crippen LogP contribution >= 0.6 is 0 Å². The summed E-state index contributed by atoms with van der Waals surface area (Å²) in [4.78, 5) is 10.9. The van der Waals surface area contributed by atoms with Gasteiger partial charge >= 0.3 is 5.97 Å². The lowest BCUT2D eigenvalue weighted by atomic mass is 10.1. The van der Waals surface area contributed by atoms with Gasteiger partial charge in [0.05, 0.1) is 18.7 Å². The average molecular weight is 286 g/mol. The van der Waals surface area contributed by atoms with Crippen LogP contribution in [0.1, 0.15) is 22.5 Å². The van der Waals surface area contributed by atoms with Crippen molar-refractivity contribution >= 4 is 5.97 Å². The fourth-order valence-electron chi connectivity index (χ4n) is 2.87. The van der Waals surface area contributed by atoms with Gasteiger partial charge in [0.2, 0.25) is 0 Å². The van der Waals surface area contributed by atoms with Gasteiger partial charge in [0.25, 0.3) is 0 Å². The Morgan fingerprint density at radius 1 is 1.43 bits per heavy atom. The van der Waals surface area contributed by atoms with Crippen molar-refractivity contribution in [1.82, 2.24) is 9.78 Å². The summed E-state index contributed by atoms with van der Waals surface area (Å²) in [5, 5.41) is 13.4. The highest BCUT2D eigenvalue weighted by atomic mass is 16.5. The van der Waals surface area contributed by atoms with Gasteiger partial charge in [-0.25, -0.2) is 0 Å². The number of ether oxygens (including phenoxy) is 1. The third-order valence-corrected chi connectivity index (χ3v) is 3.95. The zero-order chi connectivity index (χ0) is 15.0. The lowest BCUT2D eigenvalue weighted by molar-refractivity contribution is -0.136. The monoisotopic (exact) mass is 286 g/mol. The van der Waals surface area contributed by atoms with E-state index in [1.54, 1.807) is 0 Å². The van der Waals surface area contributed by atoms with Gasteiger partial charge in [-0.05, 0) is 25.5 Å². The second-order valence-electron chi connectivity index (χ2n) is 5.45. The van der Waals surface area contributed by atoms with Gasteiger partial charge in [-0.15, -0.1) is 0 Å². The molecule has 21 heavy (non-hydrogen) atoms. The number of carboxylic acid groups (broad SMARTS) is 1. The summed E-state index contributed by atoms with van der Waals surface area (Å²) in [5.41, 5.74) is 3.72. The van der Waals surface area contributed by atoms with E-state index in [-0.39, 0.29) is 12.5 Å². The Kier molecular flexibility index (Phi) is 3.41. The highest BCUT2D eigenvalue weighted by Crippen LogP contribution is 2.29. The van der Waals surface area contributed by atoms with Gasteiger partial charge in [0.15, 0.2) is 0 Å². The van der Waals surface area contributed by atoms with Crippen LogP contribution in [0.5, 0.6) is 5.75 Å². The van der Waals surface area contributed by atoms with Gasteiger partial charge in [-0.2, -0.15) is 5.10 Å². The molecule has 0 amide bonds. The number of para-hydroxylation sites is 1. The molecule has 0 saturated heterocycles. The van der Waals surface area contributed by atoms with Crippen molar-refractivity contribution in [2.24, 2.45) is 0 Å². The largest absolute Gasteiger partial charge is 0.488 e. The molecule has 0 fully saturated rings. The first-order valence-corrected chi connectivity index (χ1v) is 7.04. The first-order valence-electron chi connectivity index (χ1n) is 7.04.